The Balaban J connectivity index is 2.09. The molecule has 2 aromatic rings. The topological polar surface area (TPSA) is 57.5 Å². The van der Waals surface area contributed by atoms with Gasteiger partial charge in [0.2, 0.25) is 0 Å². The van der Waals surface area contributed by atoms with E-state index in [9.17, 15) is 4.79 Å². The maximum Gasteiger partial charge on any atom is 0.360 e. The molecule has 9 heteroatoms. The third-order valence-corrected chi connectivity index (χ3v) is 6.65. The predicted molar refractivity (Wildman–Crippen MR) is 109 cm³/mol. The molecule has 4 heterocycles. The minimum Gasteiger partial charge on any atom is -0.371 e. The fourth-order valence-electron chi connectivity index (χ4n) is 3.85. The average Bonchev–Trinajstić information content (AvgIpc) is 2.66. The number of aryl methyl sites for hydroxylation is 1. The van der Waals surface area contributed by atoms with E-state index in [1.807, 2.05) is 36.8 Å². The summed E-state index contributed by atoms with van der Waals surface area (Å²) < 4.78 is 1.48. The number of halogens is 2. The molecule has 4 rings (SSSR count). The zero-order valence-corrected chi connectivity index (χ0v) is 17.5. The highest BCUT2D eigenvalue weighted by atomic mass is 127. The van der Waals surface area contributed by atoms with Gasteiger partial charge in [-0.05, 0) is 20.9 Å². The molecule has 25 heavy (non-hydrogen) atoms. The van der Waals surface area contributed by atoms with Gasteiger partial charge in [0.15, 0.2) is 5.65 Å². The second kappa shape index (κ2) is 5.95. The van der Waals surface area contributed by atoms with Crippen LogP contribution in [-0.2, 0) is 0 Å². The van der Waals surface area contributed by atoms with Crippen LogP contribution in [0.1, 0.15) is 12.6 Å². The summed E-state index contributed by atoms with van der Waals surface area (Å²) in [6.07, 6.45) is 0. The van der Waals surface area contributed by atoms with Gasteiger partial charge in [-0.15, -0.1) is 0 Å². The lowest BCUT2D eigenvalue weighted by Crippen LogP contribution is -2.59. The van der Waals surface area contributed by atoms with E-state index in [0.29, 0.717) is 22.5 Å². The zero-order chi connectivity index (χ0) is 18.0. The molecule has 2 aliphatic heterocycles. The molecule has 134 valence electrons. The second-order valence-corrected chi connectivity index (χ2v) is 8.38. The van der Waals surface area contributed by atoms with Gasteiger partial charge in [-0.3, -0.25) is 4.90 Å². The summed E-state index contributed by atoms with van der Waals surface area (Å²) in [4.78, 5) is 28.3. The summed E-state index contributed by atoms with van der Waals surface area (Å²) >= 11 is 8.61. The molecule has 0 aromatic carbocycles. The van der Waals surface area contributed by atoms with Crippen molar-refractivity contribution in [1.82, 2.24) is 17.6 Å². The minimum atomic E-state index is -0.293. The van der Waals surface area contributed by atoms with E-state index < -0.39 is 0 Å². The van der Waals surface area contributed by atoms with Crippen molar-refractivity contribution in [2.45, 2.75) is 25.9 Å². The van der Waals surface area contributed by atoms with Crippen LogP contribution in [0.25, 0.3) is 11.0 Å². The largest absolute Gasteiger partial charge is 0.371 e. The molecule has 0 saturated carbocycles. The molecular formula is C16H20ClIN6O. The fourth-order valence-corrected chi connectivity index (χ4v) is 4.59. The SMILES string of the molecule is Cc1nc2c3c(nc(=O)n2I)N2CC(C)N(C)CC2CN(C)c3c1Cl. The molecular weight excluding hydrogens is 455 g/mol. The van der Waals surface area contributed by atoms with Crippen molar-refractivity contribution in [3.05, 3.63) is 21.2 Å². The van der Waals surface area contributed by atoms with Gasteiger partial charge in [0.05, 0.1) is 50.7 Å². The summed E-state index contributed by atoms with van der Waals surface area (Å²) in [6, 6.07) is 0.631. The van der Waals surface area contributed by atoms with E-state index >= 15 is 0 Å². The van der Waals surface area contributed by atoms with Crippen molar-refractivity contribution in [2.75, 3.05) is 43.5 Å². The van der Waals surface area contributed by atoms with Gasteiger partial charge in [0.1, 0.15) is 5.82 Å². The summed E-state index contributed by atoms with van der Waals surface area (Å²) in [7, 11) is 4.19. The first kappa shape index (κ1) is 17.3. The quantitative estimate of drug-likeness (QED) is 0.544. The summed E-state index contributed by atoms with van der Waals surface area (Å²) in [6.45, 7) is 6.64. The van der Waals surface area contributed by atoms with Gasteiger partial charge in [0.25, 0.3) is 0 Å². The number of hydrogen-bond donors (Lipinski definition) is 0. The highest BCUT2D eigenvalue weighted by Crippen LogP contribution is 2.42. The van der Waals surface area contributed by atoms with E-state index in [2.05, 4.69) is 38.6 Å². The Kier molecular flexibility index (Phi) is 4.12. The van der Waals surface area contributed by atoms with Gasteiger partial charge >= 0.3 is 5.69 Å². The number of rotatable bonds is 0. The number of hydrogen-bond acceptors (Lipinski definition) is 6. The molecule has 2 atom stereocenters. The van der Waals surface area contributed by atoms with E-state index in [0.717, 1.165) is 36.4 Å². The highest BCUT2D eigenvalue weighted by molar-refractivity contribution is 14.1. The standard InChI is InChI=1S/C16H20ClIN6O/c1-8-5-23-10(6-21(8)3)7-22(4)13-11-14(23)20-16(25)24(18)15(11)19-9(2)12(13)17/h8,10H,5-7H2,1-4H3. The van der Waals surface area contributed by atoms with E-state index in [1.54, 1.807) is 0 Å². The number of nitrogens with zero attached hydrogens (tertiary/aromatic N) is 6. The number of likely N-dealkylation sites (N-methyl/N-ethyl adjacent to an activating group) is 2. The Labute approximate surface area is 165 Å². The highest BCUT2D eigenvalue weighted by Gasteiger charge is 2.37. The van der Waals surface area contributed by atoms with Gasteiger partial charge in [-0.1, -0.05) is 11.6 Å². The van der Waals surface area contributed by atoms with Gasteiger partial charge in [0, 0.05) is 32.7 Å². The maximum atomic E-state index is 12.5. The Morgan fingerprint density at radius 2 is 1.92 bits per heavy atom. The van der Waals surface area contributed by atoms with Crippen LogP contribution in [0.2, 0.25) is 5.02 Å². The maximum absolute atomic E-state index is 12.5. The lowest BCUT2D eigenvalue weighted by molar-refractivity contribution is 0.201. The molecule has 1 fully saturated rings. The van der Waals surface area contributed by atoms with Crippen molar-refractivity contribution in [1.29, 1.82) is 0 Å². The molecule has 0 aliphatic carbocycles. The average molecular weight is 475 g/mol. The molecule has 7 nitrogen and oxygen atoms in total. The Bertz CT molecular complexity index is 931. The van der Waals surface area contributed by atoms with Gasteiger partial charge in [-0.25, -0.2) is 12.6 Å². The van der Waals surface area contributed by atoms with E-state index in [1.165, 1.54) is 2.78 Å². The molecule has 2 aliphatic rings. The van der Waals surface area contributed by atoms with Crippen molar-refractivity contribution in [2.24, 2.45) is 0 Å². The number of fused-ring (bicyclic) bond motifs is 2. The lowest BCUT2D eigenvalue weighted by atomic mass is 10.1. The van der Waals surface area contributed by atoms with Crippen LogP contribution in [0.15, 0.2) is 4.79 Å². The number of piperazine rings is 1. The van der Waals surface area contributed by atoms with Crippen molar-refractivity contribution in [3.63, 3.8) is 0 Å². The second-order valence-electron chi connectivity index (χ2n) is 7.03. The molecule has 0 N–H and O–H groups in total. The minimum absolute atomic E-state index is 0.245. The van der Waals surface area contributed by atoms with Crippen LogP contribution in [0.5, 0.6) is 0 Å². The van der Waals surface area contributed by atoms with Crippen molar-refractivity contribution in [3.8, 4) is 0 Å². The third kappa shape index (κ3) is 2.52. The first-order chi connectivity index (χ1) is 11.8. The Morgan fingerprint density at radius 3 is 2.64 bits per heavy atom. The van der Waals surface area contributed by atoms with Crippen molar-refractivity contribution >= 4 is 57.0 Å². The lowest BCUT2D eigenvalue weighted by Gasteiger charge is -2.44. The smallest absolute Gasteiger partial charge is 0.360 e. The first-order valence-corrected chi connectivity index (χ1v) is 9.61. The molecule has 0 radical (unpaired) electrons. The van der Waals surface area contributed by atoms with Gasteiger partial charge < -0.3 is 9.80 Å². The van der Waals surface area contributed by atoms with E-state index in [4.69, 9.17) is 11.6 Å². The first-order valence-electron chi connectivity index (χ1n) is 8.26. The number of pyridine rings is 1. The molecule has 2 aromatic heterocycles. The molecule has 0 spiro atoms. The van der Waals surface area contributed by atoms with Crippen LogP contribution < -0.4 is 15.5 Å². The monoisotopic (exact) mass is 474 g/mol. The molecule has 2 unspecified atom stereocenters. The summed E-state index contributed by atoms with van der Waals surface area (Å²) in [5.74, 6) is 0.714. The number of aromatic nitrogens is 3. The van der Waals surface area contributed by atoms with Crippen molar-refractivity contribution < 1.29 is 0 Å². The van der Waals surface area contributed by atoms with E-state index in [-0.39, 0.29) is 11.7 Å². The summed E-state index contributed by atoms with van der Waals surface area (Å²) in [5.41, 5.74) is 1.98. The van der Waals surface area contributed by atoms with Crippen LogP contribution in [0, 0.1) is 6.92 Å². The van der Waals surface area contributed by atoms with Crippen LogP contribution in [-0.4, -0.2) is 63.5 Å². The fraction of sp³-hybridized carbons (Fsp3) is 0.562. The normalized spacial score (nSPS) is 23.8. The Hall–Kier alpha value is -1.13. The Morgan fingerprint density at radius 1 is 1.20 bits per heavy atom. The van der Waals surface area contributed by atoms with Crippen LogP contribution >= 0.6 is 34.5 Å². The molecule has 1 saturated heterocycles. The molecule has 0 amide bonds. The zero-order valence-electron chi connectivity index (χ0n) is 14.6. The summed E-state index contributed by atoms with van der Waals surface area (Å²) in [5, 5.41) is 1.50. The third-order valence-electron chi connectivity index (χ3n) is 5.33. The number of anilines is 2. The molecule has 0 bridgehead atoms. The predicted octanol–water partition coefficient (Wildman–Crippen LogP) is 1.91. The van der Waals surface area contributed by atoms with Crippen LogP contribution in [0.4, 0.5) is 11.5 Å². The van der Waals surface area contributed by atoms with Crippen LogP contribution in [0.3, 0.4) is 0 Å². The van der Waals surface area contributed by atoms with Gasteiger partial charge in [-0.2, -0.15) is 4.98 Å².